The molecule has 3 rings (SSSR count). The summed E-state index contributed by atoms with van der Waals surface area (Å²) in [6.45, 7) is 0.737. The Bertz CT molecular complexity index is 888. The number of nitrogens with one attached hydrogen (secondary N) is 1. The van der Waals surface area contributed by atoms with Gasteiger partial charge in [-0.05, 0) is 6.92 Å². The molecule has 0 saturated carbocycles. The third-order valence-electron chi connectivity index (χ3n) is 4.60. The van der Waals surface area contributed by atoms with Crippen LogP contribution in [0.1, 0.15) is 13.2 Å². The van der Waals surface area contributed by atoms with Crippen LogP contribution in [0.5, 0.6) is 0 Å². The lowest BCUT2D eigenvalue weighted by molar-refractivity contribution is -0.148. The molecule has 28 heavy (non-hydrogen) atoms. The molecular formula is C15H19N5O8. The summed E-state index contributed by atoms with van der Waals surface area (Å²) in [6, 6.07) is -1.48. The largest absolute Gasteiger partial charge is 0.481 e. The van der Waals surface area contributed by atoms with Crippen molar-refractivity contribution in [1.29, 1.82) is 0 Å². The molecule has 0 aromatic carbocycles. The van der Waals surface area contributed by atoms with Crippen LogP contribution in [0.25, 0.3) is 11.2 Å². The Kier molecular flexibility index (Phi) is 5.42. The summed E-state index contributed by atoms with van der Waals surface area (Å²) in [7, 11) is 0. The van der Waals surface area contributed by atoms with Gasteiger partial charge in [-0.3, -0.25) is 9.36 Å². The summed E-state index contributed by atoms with van der Waals surface area (Å²) < 4.78 is 6.74. The molecule has 0 amide bonds. The smallest absolute Gasteiger partial charge is 0.327 e. The lowest BCUT2D eigenvalue weighted by atomic mass is 10.0. The number of ether oxygens (including phenoxy) is 1. The normalized spacial score (nSPS) is 26.9. The maximum atomic E-state index is 11.4. The Balaban J connectivity index is 1.95. The third kappa shape index (κ3) is 3.35. The van der Waals surface area contributed by atoms with Crippen molar-refractivity contribution in [2.75, 3.05) is 11.9 Å². The van der Waals surface area contributed by atoms with E-state index in [0.717, 1.165) is 6.33 Å². The van der Waals surface area contributed by atoms with Crippen LogP contribution in [-0.4, -0.2) is 88.0 Å². The number of fused-ring (bicyclic) bond motifs is 1. The number of hydrogen-bond donors (Lipinski definition) is 6. The molecular weight excluding hydrogens is 378 g/mol. The van der Waals surface area contributed by atoms with Crippen molar-refractivity contribution in [2.24, 2.45) is 5.92 Å². The lowest BCUT2D eigenvalue weighted by Crippen LogP contribution is -2.39. The van der Waals surface area contributed by atoms with Gasteiger partial charge in [-0.15, -0.1) is 0 Å². The number of aliphatic carboxylic acids is 2. The van der Waals surface area contributed by atoms with E-state index in [1.807, 2.05) is 0 Å². The van der Waals surface area contributed by atoms with E-state index < -0.39 is 55.0 Å². The summed E-state index contributed by atoms with van der Waals surface area (Å²) in [6.07, 6.45) is -2.41. The summed E-state index contributed by atoms with van der Waals surface area (Å²) in [5, 5.41) is 50.3. The molecule has 0 unspecified atom stereocenters. The van der Waals surface area contributed by atoms with Crippen molar-refractivity contribution in [3.63, 3.8) is 0 Å². The number of aromatic nitrogens is 4. The van der Waals surface area contributed by atoms with Crippen molar-refractivity contribution in [3.05, 3.63) is 12.7 Å². The maximum Gasteiger partial charge on any atom is 0.327 e. The van der Waals surface area contributed by atoms with Crippen molar-refractivity contribution in [3.8, 4) is 0 Å². The first kappa shape index (κ1) is 19.9. The van der Waals surface area contributed by atoms with Crippen LogP contribution in [0.15, 0.2) is 12.7 Å². The topological polar surface area (TPSA) is 200 Å². The zero-order valence-corrected chi connectivity index (χ0v) is 14.6. The molecule has 1 aliphatic heterocycles. The number of anilines is 1. The van der Waals surface area contributed by atoms with Crippen LogP contribution in [0.2, 0.25) is 0 Å². The first-order valence-electron chi connectivity index (χ1n) is 8.28. The molecule has 1 fully saturated rings. The predicted octanol–water partition coefficient (Wildman–Crippen LogP) is -1.98. The van der Waals surface area contributed by atoms with E-state index in [1.165, 1.54) is 17.8 Å². The van der Waals surface area contributed by atoms with Crippen LogP contribution >= 0.6 is 0 Å². The fraction of sp³-hybridized carbons (Fsp3) is 0.533. The third-order valence-corrected chi connectivity index (χ3v) is 4.60. The Labute approximate surface area is 157 Å². The van der Waals surface area contributed by atoms with Crippen LogP contribution < -0.4 is 5.32 Å². The lowest BCUT2D eigenvalue weighted by Gasteiger charge is -2.19. The van der Waals surface area contributed by atoms with Gasteiger partial charge in [0.1, 0.15) is 30.7 Å². The highest BCUT2D eigenvalue weighted by Gasteiger charge is 2.44. The molecule has 0 aliphatic carbocycles. The molecule has 0 spiro atoms. The van der Waals surface area contributed by atoms with Crippen molar-refractivity contribution in [1.82, 2.24) is 19.5 Å². The molecule has 1 aliphatic rings. The van der Waals surface area contributed by atoms with Gasteiger partial charge in [-0.1, -0.05) is 0 Å². The number of carboxylic acids is 2. The van der Waals surface area contributed by atoms with Gasteiger partial charge in [0.2, 0.25) is 0 Å². The van der Waals surface area contributed by atoms with E-state index in [1.54, 1.807) is 0 Å². The van der Waals surface area contributed by atoms with E-state index >= 15 is 0 Å². The molecule has 1 saturated heterocycles. The van der Waals surface area contributed by atoms with Crippen LogP contribution in [-0.2, 0) is 14.3 Å². The molecule has 13 heteroatoms. The zero-order valence-electron chi connectivity index (χ0n) is 14.6. The minimum absolute atomic E-state index is 0.0176. The fourth-order valence-corrected chi connectivity index (χ4v) is 2.94. The van der Waals surface area contributed by atoms with Crippen LogP contribution in [0.3, 0.4) is 0 Å². The highest BCUT2D eigenvalue weighted by molar-refractivity contribution is 5.89. The molecule has 6 atom stereocenters. The molecule has 0 radical (unpaired) electrons. The minimum atomic E-state index is -1.48. The van der Waals surface area contributed by atoms with E-state index in [9.17, 15) is 30.0 Å². The van der Waals surface area contributed by atoms with Gasteiger partial charge in [-0.2, -0.15) is 0 Å². The average Bonchev–Trinajstić information content (AvgIpc) is 3.21. The summed E-state index contributed by atoms with van der Waals surface area (Å²) in [5.41, 5.74) is 0.267. The zero-order chi connectivity index (χ0) is 20.6. The van der Waals surface area contributed by atoms with Gasteiger partial charge in [0.05, 0.1) is 18.9 Å². The molecule has 3 heterocycles. The predicted molar refractivity (Wildman–Crippen MR) is 90.2 cm³/mol. The van der Waals surface area contributed by atoms with E-state index in [0.29, 0.717) is 0 Å². The van der Waals surface area contributed by atoms with E-state index in [4.69, 9.17) is 9.84 Å². The second-order valence-corrected chi connectivity index (χ2v) is 6.36. The van der Waals surface area contributed by atoms with E-state index in [-0.39, 0.29) is 17.0 Å². The van der Waals surface area contributed by atoms with Crippen LogP contribution in [0.4, 0.5) is 5.82 Å². The highest BCUT2D eigenvalue weighted by Crippen LogP contribution is 2.32. The van der Waals surface area contributed by atoms with Gasteiger partial charge in [-0.25, -0.2) is 19.7 Å². The number of nitrogens with zero attached hydrogens (tertiary/aromatic N) is 4. The standard InChI is InChI=1S/C15H19N5O8/c1-5(14(24)25)7(15(26)27)19-11-8-12(17-3-16-11)20(4-18-8)13-10(23)9(22)6(2-21)28-13/h3-7,9-10,13,21-23H,2H2,1H3,(H,24,25)(H,26,27)(H,16,17,19)/t5-,6+,7+,9-,10-,13+/m1/s1. The monoisotopic (exact) mass is 397 g/mol. The SMILES string of the molecule is C[C@@H](C(=O)O)[C@H](Nc1ncnc2c1ncn2[C@H]1O[C@@H](CO)[C@@H](O)[C@H]1O)C(=O)O. The van der Waals surface area contributed by atoms with Crippen molar-refractivity contribution >= 4 is 28.9 Å². The summed E-state index contributed by atoms with van der Waals surface area (Å²) in [5.74, 6) is -3.96. The second-order valence-electron chi connectivity index (χ2n) is 6.36. The van der Waals surface area contributed by atoms with Gasteiger partial charge >= 0.3 is 11.9 Å². The van der Waals surface area contributed by atoms with E-state index in [2.05, 4.69) is 20.3 Å². The Hall–Kier alpha value is -2.87. The van der Waals surface area contributed by atoms with Gasteiger partial charge in [0.15, 0.2) is 23.2 Å². The molecule has 2 aromatic heterocycles. The number of carboxylic acid groups (broad SMARTS) is 2. The quantitative estimate of drug-likeness (QED) is 0.301. The van der Waals surface area contributed by atoms with Crippen LogP contribution in [0, 0.1) is 5.92 Å². The fourth-order valence-electron chi connectivity index (χ4n) is 2.94. The molecule has 13 nitrogen and oxygen atoms in total. The number of hydrogen-bond acceptors (Lipinski definition) is 10. The number of aliphatic hydroxyl groups excluding tert-OH is 3. The first-order chi connectivity index (χ1) is 13.3. The Morgan fingerprint density at radius 3 is 2.50 bits per heavy atom. The first-order valence-corrected chi connectivity index (χ1v) is 8.28. The maximum absolute atomic E-state index is 11.4. The van der Waals surface area contributed by atoms with Crippen molar-refractivity contribution < 1.29 is 39.9 Å². The highest BCUT2D eigenvalue weighted by atomic mass is 16.6. The Morgan fingerprint density at radius 1 is 1.21 bits per heavy atom. The van der Waals surface area contributed by atoms with Gasteiger partial charge in [0.25, 0.3) is 0 Å². The minimum Gasteiger partial charge on any atom is -0.481 e. The molecule has 6 N–H and O–H groups in total. The summed E-state index contributed by atoms with van der Waals surface area (Å²) in [4.78, 5) is 34.7. The Morgan fingerprint density at radius 2 is 1.93 bits per heavy atom. The number of carbonyl (C=O) groups is 2. The summed E-state index contributed by atoms with van der Waals surface area (Å²) >= 11 is 0. The van der Waals surface area contributed by atoms with Gasteiger partial charge < -0.3 is 35.6 Å². The number of aliphatic hydroxyl groups is 3. The van der Waals surface area contributed by atoms with Gasteiger partial charge in [0, 0.05) is 0 Å². The number of rotatable bonds is 7. The molecule has 0 bridgehead atoms. The number of imidazole rings is 1. The molecule has 152 valence electrons. The average molecular weight is 397 g/mol. The second kappa shape index (κ2) is 7.63. The van der Waals surface area contributed by atoms with Crippen molar-refractivity contribution in [2.45, 2.75) is 37.5 Å². The molecule has 2 aromatic rings.